The average Bonchev–Trinajstić information content (AvgIpc) is 2.91. The molecule has 10 nitrogen and oxygen atoms in total. The van der Waals surface area contributed by atoms with Crippen LogP contribution in [0.25, 0.3) is 0 Å². The molecule has 0 bridgehead atoms. The van der Waals surface area contributed by atoms with Gasteiger partial charge in [-0.2, -0.15) is 4.31 Å². The van der Waals surface area contributed by atoms with Gasteiger partial charge >= 0.3 is 5.97 Å². The zero-order chi connectivity index (χ0) is 27.0. The van der Waals surface area contributed by atoms with Gasteiger partial charge in [-0.3, -0.25) is 9.59 Å². The van der Waals surface area contributed by atoms with Crippen molar-refractivity contribution in [2.75, 3.05) is 34.4 Å². The predicted molar refractivity (Wildman–Crippen MR) is 137 cm³/mol. The fourth-order valence-corrected chi connectivity index (χ4v) is 5.98. The third-order valence-electron chi connectivity index (χ3n) is 6.07. The number of hydrogen-bond donors (Lipinski definition) is 1. The number of sulfonamides is 1. The van der Waals surface area contributed by atoms with E-state index < -0.39 is 34.0 Å². The van der Waals surface area contributed by atoms with E-state index in [-0.39, 0.29) is 24.4 Å². The van der Waals surface area contributed by atoms with Crippen LogP contribution in [0.2, 0.25) is 0 Å². The molecule has 2 aromatic carbocycles. The summed E-state index contributed by atoms with van der Waals surface area (Å²) in [6, 6.07) is 11.0. The Balaban J connectivity index is 1.62. The summed E-state index contributed by atoms with van der Waals surface area (Å²) in [5.41, 5.74) is 0.932. The first-order valence-corrected chi connectivity index (χ1v) is 13.6. The molecular formula is C26H34N2O8S. The lowest BCUT2D eigenvalue weighted by Crippen LogP contribution is -2.50. The Morgan fingerprint density at radius 1 is 1.03 bits per heavy atom. The molecule has 2 atom stereocenters. The zero-order valence-corrected chi connectivity index (χ0v) is 22.4. The zero-order valence-electron chi connectivity index (χ0n) is 21.6. The SMILES string of the molecule is COc1cc(C(=O)NCC(C)OC(=O)C2CCCCN2S(=O)(=O)Cc2ccccc2)cc(OC)c1OC. The van der Waals surface area contributed by atoms with E-state index in [4.69, 9.17) is 18.9 Å². The Morgan fingerprint density at radius 2 is 1.68 bits per heavy atom. The van der Waals surface area contributed by atoms with Crippen molar-refractivity contribution >= 4 is 21.9 Å². The van der Waals surface area contributed by atoms with Crippen LogP contribution in [-0.2, 0) is 25.3 Å². The van der Waals surface area contributed by atoms with Crippen molar-refractivity contribution in [2.24, 2.45) is 0 Å². The topological polar surface area (TPSA) is 120 Å². The highest BCUT2D eigenvalue weighted by molar-refractivity contribution is 7.88. The highest BCUT2D eigenvalue weighted by Crippen LogP contribution is 2.38. The smallest absolute Gasteiger partial charge is 0.324 e. The molecule has 1 saturated heterocycles. The number of nitrogens with zero attached hydrogens (tertiary/aromatic N) is 1. The number of nitrogens with one attached hydrogen (secondary N) is 1. The number of benzene rings is 2. The highest BCUT2D eigenvalue weighted by Gasteiger charge is 2.38. The van der Waals surface area contributed by atoms with Crippen LogP contribution in [0.1, 0.15) is 42.1 Å². The molecule has 1 aliphatic heterocycles. The summed E-state index contributed by atoms with van der Waals surface area (Å²) in [7, 11) is 0.657. The van der Waals surface area contributed by atoms with Gasteiger partial charge in [0.1, 0.15) is 12.1 Å². The lowest BCUT2D eigenvalue weighted by atomic mass is 10.1. The fourth-order valence-electron chi connectivity index (χ4n) is 4.21. The number of carbonyl (C=O) groups excluding carboxylic acids is 2. The summed E-state index contributed by atoms with van der Waals surface area (Å²) in [6.07, 6.45) is 1.11. The minimum absolute atomic E-state index is 0.0325. The molecule has 3 rings (SSSR count). The molecule has 1 N–H and O–H groups in total. The fraction of sp³-hybridized carbons (Fsp3) is 0.462. The minimum Gasteiger partial charge on any atom is -0.493 e. The van der Waals surface area contributed by atoms with Gasteiger partial charge in [0.05, 0.1) is 33.6 Å². The van der Waals surface area contributed by atoms with Crippen LogP contribution in [0, 0.1) is 0 Å². The van der Waals surface area contributed by atoms with Crippen LogP contribution in [0.15, 0.2) is 42.5 Å². The molecule has 0 aliphatic carbocycles. The molecule has 1 aliphatic rings. The third-order valence-corrected chi connectivity index (χ3v) is 7.92. The van der Waals surface area contributed by atoms with E-state index in [0.29, 0.717) is 35.7 Å². The van der Waals surface area contributed by atoms with Crippen molar-refractivity contribution in [3.63, 3.8) is 0 Å². The monoisotopic (exact) mass is 534 g/mol. The van der Waals surface area contributed by atoms with Crippen molar-refractivity contribution in [2.45, 2.75) is 44.1 Å². The van der Waals surface area contributed by atoms with E-state index in [9.17, 15) is 18.0 Å². The second-order valence-electron chi connectivity index (χ2n) is 8.74. The molecule has 0 radical (unpaired) electrons. The van der Waals surface area contributed by atoms with E-state index in [2.05, 4.69) is 5.32 Å². The van der Waals surface area contributed by atoms with Crippen LogP contribution in [-0.4, -0.2) is 71.2 Å². The van der Waals surface area contributed by atoms with Crippen LogP contribution >= 0.6 is 0 Å². The summed E-state index contributed by atoms with van der Waals surface area (Å²) in [5.74, 6) is -0.195. The first-order valence-electron chi connectivity index (χ1n) is 12.0. The maximum Gasteiger partial charge on any atom is 0.324 e. The lowest BCUT2D eigenvalue weighted by Gasteiger charge is -2.33. The summed E-state index contributed by atoms with van der Waals surface area (Å²) in [6.45, 7) is 1.94. The first kappa shape index (κ1) is 28.3. The molecule has 0 spiro atoms. The lowest BCUT2D eigenvalue weighted by molar-refractivity contribution is -0.153. The largest absolute Gasteiger partial charge is 0.493 e. The van der Waals surface area contributed by atoms with Gasteiger partial charge in [0.15, 0.2) is 11.5 Å². The van der Waals surface area contributed by atoms with Gasteiger partial charge in [0.2, 0.25) is 15.8 Å². The number of rotatable bonds is 11. The molecular weight excluding hydrogens is 500 g/mol. The second kappa shape index (κ2) is 12.8. The summed E-state index contributed by atoms with van der Waals surface area (Å²) < 4.78 is 48.9. The maximum atomic E-state index is 13.1. The molecule has 2 aromatic rings. The number of carbonyl (C=O) groups is 2. The van der Waals surface area contributed by atoms with Crippen molar-refractivity contribution in [1.29, 1.82) is 0 Å². The summed E-state index contributed by atoms with van der Waals surface area (Å²) >= 11 is 0. The Kier molecular flexibility index (Phi) is 9.76. The standard InChI is InChI=1S/C26H34N2O8S/c1-18(16-27-25(29)20-14-22(33-2)24(35-4)23(15-20)34-3)36-26(30)21-12-8-9-13-28(21)37(31,32)17-19-10-6-5-7-11-19/h5-7,10-11,14-15,18,21H,8-9,12-13,16-17H2,1-4H3,(H,27,29). The number of ether oxygens (including phenoxy) is 4. The van der Waals surface area contributed by atoms with Crippen molar-refractivity contribution in [3.8, 4) is 17.2 Å². The van der Waals surface area contributed by atoms with Gasteiger partial charge in [0, 0.05) is 12.1 Å². The molecule has 2 unspecified atom stereocenters. The van der Waals surface area contributed by atoms with Crippen LogP contribution in [0.3, 0.4) is 0 Å². The molecule has 11 heteroatoms. The van der Waals surface area contributed by atoms with Crippen LogP contribution in [0.5, 0.6) is 17.2 Å². The Labute approximate surface area is 217 Å². The van der Waals surface area contributed by atoms with Gasteiger partial charge in [-0.1, -0.05) is 30.3 Å². The van der Waals surface area contributed by atoms with E-state index in [1.165, 1.54) is 37.8 Å². The number of piperidine rings is 1. The quantitative estimate of drug-likeness (QED) is 0.437. The maximum absolute atomic E-state index is 13.1. The van der Waals surface area contributed by atoms with Crippen LogP contribution in [0.4, 0.5) is 0 Å². The summed E-state index contributed by atoms with van der Waals surface area (Å²) in [4.78, 5) is 25.7. The summed E-state index contributed by atoms with van der Waals surface area (Å²) in [5, 5.41) is 2.72. The van der Waals surface area contributed by atoms with Gasteiger partial charge < -0.3 is 24.3 Å². The molecule has 1 fully saturated rings. The van der Waals surface area contributed by atoms with Crippen molar-refractivity contribution < 1.29 is 37.0 Å². The van der Waals surface area contributed by atoms with Gasteiger partial charge in [-0.25, -0.2) is 8.42 Å². The Hall–Kier alpha value is -3.31. The molecule has 202 valence electrons. The molecule has 0 aromatic heterocycles. The Bertz CT molecular complexity index is 1160. The number of hydrogen-bond acceptors (Lipinski definition) is 8. The third kappa shape index (κ3) is 7.14. The van der Waals surface area contributed by atoms with E-state index in [1.54, 1.807) is 31.2 Å². The Morgan fingerprint density at radius 3 is 2.27 bits per heavy atom. The molecule has 37 heavy (non-hydrogen) atoms. The normalized spacial score (nSPS) is 16.9. The molecule has 0 saturated carbocycles. The highest BCUT2D eigenvalue weighted by atomic mass is 32.2. The number of amides is 1. The number of esters is 1. The van der Waals surface area contributed by atoms with Crippen molar-refractivity contribution in [3.05, 3.63) is 53.6 Å². The van der Waals surface area contributed by atoms with E-state index in [0.717, 1.165) is 6.42 Å². The van der Waals surface area contributed by atoms with Crippen LogP contribution < -0.4 is 19.5 Å². The second-order valence-corrected chi connectivity index (χ2v) is 10.7. The van der Waals surface area contributed by atoms with E-state index >= 15 is 0 Å². The predicted octanol–water partition coefficient (Wildman–Crippen LogP) is 2.76. The van der Waals surface area contributed by atoms with E-state index in [1.807, 2.05) is 6.07 Å². The molecule has 1 heterocycles. The average molecular weight is 535 g/mol. The van der Waals surface area contributed by atoms with Gasteiger partial charge in [0.25, 0.3) is 5.91 Å². The molecule has 1 amide bonds. The van der Waals surface area contributed by atoms with Crippen molar-refractivity contribution in [1.82, 2.24) is 9.62 Å². The minimum atomic E-state index is -3.72. The first-order chi connectivity index (χ1) is 17.7. The van der Waals surface area contributed by atoms with Gasteiger partial charge in [-0.05, 0) is 43.9 Å². The van der Waals surface area contributed by atoms with Gasteiger partial charge in [-0.15, -0.1) is 0 Å². The number of methoxy groups -OCH3 is 3.